The van der Waals surface area contributed by atoms with Gasteiger partial charge in [-0.15, -0.1) is 0 Å². The number of amides is 1. The molecule has 0 spiro atoms. The zero-order valence-corrected chi connectivity index (χ0v) is 11.2. The van der Waals surface area contributed by atoms with Gasteiger partial charge in [0, 0.05) is 12.6 Å². The van der Waals surface area contributed by atoms with Crippen LogP contribution < -0.4 is 10.6 Å². The van der Waals surface area contributed by atoms with Gasteiger partial charge < -0.3 is 10.6 Å². The summed E-state index contributed by atoms with van der Waals surface area (Å²) in [4.78, 5) is 11.7. The molecule has 1 atom stereocenters. The van der Waals surface area contributed by atoms with Gasteiger partial charge in [-0.2, -0.15) is 0 Å². The van der Waals surface area contributed by atoms with Gasteiger partial charge in [0.25, 0.3) is 0 Å². The van der Waals surface area contributed by atoms with E-state index in [1.54, 1.807) is 0 Å². The Hall–Kier alpha value is -0.570. The monoisotopic (exact) mass is 238 g/mol. The molecule has 3 heteroatoms. The van der Waals surface area contributed by atoms with Crippen molar-refractivity contribution in [1.82, 2.24) is 10.6 Å². The van der Waals surface area contributed by atoms with Crippen molar-refractivity contribution in [3.05, 3.63) is 0 Å². The van der Waals surface area contributed by atoms with E-state index in [9.17, 15) is 4.79 Å². The molecule has 0 radical (unpaired) electrons. The first-order valence-electron chi connectivity index (χ1n) is 7.20. The number of nitrogens with one attached hydrogen (secondary N) is 2. The Morgan fingerprint density at radius 2 is 1.82 bits per heavy atom. The first-order valence-corrected chi connectivity index (χ1v) is 7.20. The van der Waals surface area contributed by atoms with E-state index in [1.807, 2.05) is 0 Å². The zero-order valence-electron chi connectivity index (χ0n) is 11.2. The molecule has 0 aromatic carbocycles. The maximum absolute atomic E-state index is 11.7. The minimum Gasteiger partial charge on any atom is -0.355 e. The van der Waals surface area contributed by atoms with Crippen LogP contribution in [0, 0.1) is 17.8 Å². The molecule has 3 nitrogen and oxygen atoms in total. The molecule has 2 N–H and O–H groups in total. The predicted octanol–water partition coefficient (Wildman–Crippen LogP) is 1.93. The van der Waals surface area contributed by atoms with Crippen molar-refractivity contribution in [3.63, 3.8) is 0 Å². The number of carbonyl (C=O) groups is 1. The summed E-state index contributed by atoms with van der Waals surface area (Å²) in [5, 5.41) is 6.34. The molecule has 0 aromatic heterocycles. The van der Waals surface area contributed by atoms with Crippen molar-refractivity contribution in [2.75, 3.05) is 13.1 Å². The third-order valence-electron chi connectivity index (χ3n) is 4.21. The predicted molar refractivity (Wildman–Crippen MR) is 69.7 cm³/mol. The average Bonchev–Trinajstić information content (AvgIpc) is 3.16. The van der Waals surface area contributed by atoms with Crippen LogP contribution in [0.4, 0.5) is 0 Å². The molecule has 2 saturated carbocycles. The van der Waals surface area contributed by atoms with E-state index in [-0.39, 0.29) is 5.91 Å². The summed E-state index contributed by atoms with van der Waals surface area (Å²) in [6.45, 7) is 5.63. The second kappa shape index (κ2) is 5.85. The molecular formula is C14H26N2O. The lowest BCUT2D eigenvalue weighted by atomic mass is 9.98. The van der Waals surface area contributed by atoms with Gasteiger partial charge in [0.15, 0.2) is 0 Å². The highest BCUT2D eigenvalue weighted by atomic mass is 16.1. The van der Waals surface area contributed by atoms with Gasteiger partial charge >= 0.3 is 0 Å². The van der Waals surface area contributed by atoms with E-state index in [2.05, 4.69) is 24.5 Å². The molecule has 2 aliphatic carbocycles. The minimum atomic E-state index is 0.164. The quantitative estimate of drug-likeness (QED) is 0.678. The van der Waals surface area contributed by atoms with Crippen LogP contribution in [0.1, 0.15) is 46.0 Å². The van der Waals surface area contributed by atoms with Gasteiger partial charge in [-0.3, -0.25) is 4.79 Å². The molecule has 98 valence electrons. The summed E-state index contributed by atoms with van der Waals surface area (Å²) < 4.78 is 0. The summed E-state index contributed by atoms with van der Waals surface area (Å²) in [7, 11) is 0. The van der Waals surface area contributed by atoms with Crippen LogP contribution >= 0.6 is 0 Å². The molecular weight excluding hydrogens is 212 g/mol. The fourth-order valence-electron chi connectivity index (χ4n) is 2.47. The summed E-state index contributed by atoms with van der Waals surface area (Å²) in [6.07, 6.45) is 6.63. The van der Waals surface area contributed by atoms with Crippen LogP contribution in [-0.2, 0) is 4.79 Å². The van der Waals surface area contributed by atoms with Crippen molar-refractivity contribution in [2.24, 2.45) is 17.8 Å². The van der Waals surface area contributed by atoms with Crippen molar-refractivity contribution in [3.8, 4) is 0 Å². The number of carbonyl (C=O) groups excluding carboxylic acids is 1. The van der Waals surface area contributed by atoms with Gasteiger partial charge in [-0.25, -0.2) is 0 Å². The molecule has 2 fully saturated rings. The number of rotatable bonds is 8. The fourth-order valence-corrected chi connectivity index (χ4v) is 2.47. The van der Waals surface area contributed by atoms with E-state index in [0.717, 1.165) is 30.7 Å². The van der Waals surface area contributed by atoms with E-state index < -0.39 is 0 Å². The summed E-state index contributed by atoms with van der Waals surface area (Å²) in [5.74, 6) is 2.79. The Balaban J connectivity index is 1.61. The highest BCUT2D eigenvalue weighted by molar-refractivity contribution is 5.78. The first kappa shape index (κ1) is 12.9. The topological polar surface area (TPSA) is 41.1 Å². The van der Waals surface area contributed by atoms with Crippen LogP contribution in [0.3, 0.4) is 0 Å². The Labute approximate surface area is 105 Å². The van der Waals surface area contributed by atoms with E-state index in [0.29, 0.717) is 12.6 Å². The maximum atomic E-state index is 11.7. The SMILES string of the molecule is CCC(C)NCC(=O)NCC(C1CC1)C1CC1. The lowest BCUT2D eigenvalue weighted by molar-refractivity contribution is -0.120. The zero-order chi connectivity index (χ0) is 12.3. The molecule has 2 rings (SSSR count). The maximum Gasteiger partial charge on any atom is 0.233 e. The Morgan fingerprint density at radius 1 is 1.24 bits per heavy atom. The van der Waals surface area contributed by atoms with Crippen LogP contribution in [0.5, 0.6) is 0 Å². The second-order valence-corrected chi connectivity index (χ2v) is 5.83. The number of hydrogen-bond donors (Lipinski definition) is 2. The third-order valence-corrected chi connectivity index (χ3v) is 4.21. The van der Waals surface area contributed by atoms with Crippen LogP contribution in [0.2, 0.25) is 0 Å². The summed E-state index contributed by atoms with van der Waals surface area (Å²) >= 11 is 0. The first-order chi connectivity index (χ1) is 8.20. The van der Waals surface area contributed by atoms with Crippen molar-refractivity contribution >= 4 is 5.91 Å². The van der Waals surface area contributed by atoms with Gasteiger partial charge in [0.1, 0.15) is 0 Å². The van der Waals surface area contributed by atoms with E-state index >= 15 is 0 Å². The van der Waals surface area contributed by atoms with Gasteiger partial charge in [-0.1, -0.05) is 6.92 Å². The van der Waals surface area contributed by atoms with Crippen LogP contribution in [0.25, 0.3) is 0 Å². The molecule has 0 bridgehead atoms. The fraction of sp³-hybridized carbons (Fsp3) is 0.929. The van der Waals surface area contributed by atoms with E-state index in [1.165, 1.54) is 25.7 Å². The molecule has 17 heavy (non-hydrogen) atoms. The third kappa shape index (κ3) is 4.30. The smallest absolute Gasteiger partial charge is 0.233 e. The van der Waals surface area contributed by atoms with Gasteiger partial charge in [0.2, 0.25) is 5.91 Å². The van der Waals surface area contributed by atoms with Gasteiger partial charge in [0.05, 0.1) is 6.54 Å². The average molecular weight is 238 g/mol. The van der Waals surface area contributed by atoms with Crippen molar-refractivity contribution in [2.45, 2.75) is 52.0 Å². The number of hydrogen-bond acceptors (Lipinski definition) is 2. The molecule has 2 aliphatic rings. The molecule has 1 unspecified atom stereocenters. The molecule has 0 saturated heterocycles. The largest absolute Gasteiger partial charge is 0.355 e. The lowest BCUT2D eigenvalue weighted by Gasteiger charge is -2.17. The Kier molecular flexibility index (Phi) is 4.43. The van der Waals surface area contributed by atoms with E-state index in [4.69, 9.17) is 0 Å². The van der Waals surface area contributed by atoms with Gasteiger partial charge in [-0.05, 0) is 56.8 Å². The second-order valence-electron chi connectivity index (χ2n) is 5.83. The summed E-state index contributed by atoms with van der Waals surface area (Å²) in [5.41, 5.74) is 0. The summed E-state index contributed by atoms with van der Waals surface area (Å²) in [6, 6.07) is 0.434. The lowest BCUT2D eigenvalue weighted by Crippen LogP contribution is -2.40. The highest BCUT2D eigenvalue weighted by Crippen LogP contribution is 2.48. The van der Waals surface area contributed by atoms with Crippen molar-refractivity contribution in [1.29, 1.82) is 0 Å². The molecule has 0 aromatic rings. The minimum absolute atomic E-state index is 0.164. The standard InChI is InChI=1S/C14H26N2O/c1-3-10(2)15-9-14(17)16-8-13(11-4-5-11)12-6-7-12/h10-13,15H,3-9H2,1-2H3,(H,16,17). The molecule has 0 heterocycles. The highest BCUT2D eigenvalue weighted by Gasteiger charge is 2.41. The van der Waals surface area contributed by atoms with Crippen LogP contribution in [-0.4, -0.2) is 25.0 Å². The molecule has 0 aliphatic heterocycles. The van der Waals surface area contributed by atoms with Crippen molar-refractivity contribution < 1.29 is 4.79 Å². The Bertz CT molecular complexity index is 247. The van der Waals surface area contributed by atoms with Crippen LogP contribution in [0.15, 0.2) is 0 Å². The normalized spacial score (nSPS) is 21.6. The molecule has 1 amide bonds. The Morgan fingerprint density at radius 3 is 2.29 bits per heavy atom.